The highest BCUT2D eigenvalue weighted by atomic mass is 16.5. The van der Waals surface area contributed by atoms with Crippen LogP contribution in [0.1, 0.15) is 17.1 Å². The van der Waals surface area contributed by atoms with Gasteiger partial charge in [-0.05, 0) is 44.6 Å². The van der Waals surface area contributed by atoms with Gasteiger partial charge < -0.3 is 19.7 Å². The second-order valence-corrected chi connectivity index (χ2v) is 5.62. The van der Waals surface area contributed by atoms with Gasteiger partial charge in [-0.1, -0.05) is 17.3 Å². The molecule has 23 heavy (non-hydrogen) atoms. The quantitative estimate of drug-likeness (QED) is 0.679. The van der Waals surface area contributed by atoms with Gasteiger partial charge in [-0.15, -0.1) is 0 Å². The summed E-state index contributed by atoms with van der Waals surface area (Å²) >= 11 is 0. The number of aromatic nitrogens is 3. The smallest absolute Gasteiger partial charge is 0.316 e. The molecular formula is C16H19N5O2. The second-order valence-electron chi connectivity index (χ2n) is 5.62. The third-order valence-corrected chi connectivity index (χ3v) is 3.50. The van der Waals surface area contributed by atoms with Gasteiger partial charge >= 0.3 is 11.8 Å². The van der Waals surface area contributed by atoms with E-state index in [0.717, 1.165) is 29.4 Å². The predicted molar refractivity (Wildman–Crippen MR) is 87.1 cm³/mol. The summed E-state index contributed by atoms with van der Waals surface area (Å²) in [5.41, 5.74) is 1.79. The fraction of sp³-hybridized carbons (Fsp3) is 0.312. The van der Waals surface area contributed by atoms with Crippen molar-refractivity contribution in [3.05, 3.63) is 36.4 Å². The van der Waals surface area contributed by atoms with E-state index in [2.05, 4.69) is 25.3 Å². The summed E-state index contributed by atoms with van der Waals surface area (Å²) in [5, 5.41) is 7.77. The van der Waals surface area contributed by atoms with Crippen molar-refractivity contribution in [1.29, 1.82) is 0 Å². The molecule has 3 rings (SSSR count). The molecule has 0 atom stereocenters. The van der Waals surface area contributed by atoms with E-state index in [-0.39, 0.29) is 11.8 Å². The Morgan fingerprint density at radius 3 is 3.04 bits per heavy atom. The molecule has 1 amide bonds. The summed E-state index contributed by atoms with van der Waals surface area (Å²) in [4.78, 5) is 21.3. The first-order valence-corrected chi connectivity index (χ1v) is 7.47. The van der Waals surface area contributed by atoms with Crippen LogP contribution in [-0.4, -0.2) is 53.1 Å². The minimum absolute atomic E-state index is 0.0172. The molecule has 120 valence electrons. The highest BCUT2D eigenvalue weighted by molar-refractivity contribution is 5.90. The molecule has 0 fully saturated rings. The summed E-state index contributed by atoms with van der Waals surface area (Å²) < 4.78 is 5.06. The fourth-order valence-electron chi connectivity index (χ4n) is 2.29. The van der Waals surface area contributed by atoms with Crippen molar-refractivity contribution in [3.63, 3.8) is 0 Å². The van der Waals surface area contributed by atoms with Gasteiger partial charge in [0, 0.05) is 23.8 Å². The molecule has 0 saturated heterocycles. The molecule has 2 aromatic heterocycles. The first-order chi connectivity index (χ1) is 11.1. The second kappa shape index (κ2) is 6.62. The number of H-pyrrole nitrogens is 1. The number of hydrogen-bond acceptors (Lipinski definition) is 5. The summed E-state index contributed by atoms with van der Waals surface area (Å²) in [6.07, 6.45) is 2.74. The van der Waals surface area contributed by atoms with Gasteiger partial charge in [0.1, 0.15) is 0 Å². The average Bonchev–Trinajstić information content (AvgIpc) is 3.18. The van der Waals surface area contributed by atoms with Gasteiger partial charge in [-0.2, -0.15) is 4.98 Å². The molecule has 3 aromatic rings. The van der Waals surface area contributed by atoms with Crippen LogP contribution in [0, 0.1) is 0 Å². The summed E-state index contributed by atoms with van der Waals surface area (Å²) in [5.74, 6) is 0.0415. The Bertz CT molecular complexity index is 806. The maximum absolute atomic E-state index is 12.0. The third kappa shape index (κ3) is 3.57. The lowest BCUT2D eigenvalue weighted by molar-refractivity contribution is 0.0908. The predicted octanol–water partition coefficient (Wildman–Crippen LogP) is 1.90. The molecule has 0 unspecified atom stereocenters. The van der Waals surface area contributed by atoms with Gasteiger partial charge in [-0.3, -0.25) is 4.79 Å². The molecule has 0 radical (unpaired) electrons. The highest BCUT2D eigenvalue weighted by Gasteiger charge is 2.15. The molecule has 0 aliphatic rings. The molecule has 2 heterocycles. The summed E-state index contributed by atoms with van der Waals surface area (Å²) in [6.45, 7) is 1.48. The van der Waals surface area contributed by atoms with Crippen molar-refractivity contribution in [2.75, 3.05) is 27.2 Å². The Morgan fingerprint density at radius 2 is 2.22 bits per heavy atom. The third-order valence-electron chi connectivity index (χ3n) is 3.50. The Labute approximate surface area is 133 Å². The molecule has 0 aliphatic heterocycles. The molecule has 2 N–H and O–H groups in total. The largest absolute Gasteiger partial charge is 0.361 e. The Balaban J connectivity index is 1.66. The van der Waals surface area contributed by atoms with Crippen LogP contribution in [-0.2, 0) is 0 Å². The van der Waals surface area contributed by atoms with Gasteiger partial charge in [0.25, 0.3) is 0 Å². The first-order valence-electron chi connectivity index (χ1n) is 7.47. The minimum atomic E-state index is -0.344. The van der Waals surface area contributed by atoms with Crippen LogP contribution < -0.4 is 5.32 Å². The van der Waals surface area contributed by atoms with Crippen LogP contribution in [0.5, 0.6) is 0 Å². The lowest BCUT2D eigenvalue weighted by Crippen LogP contribution is -2.27. The number of nitrogens with one attached hydrogen (secondary N) is 2. The van der Waals surface area contributed by atoms with Crippen LogP contribution in [0.15, 0.2) is 35.0 Å². The first kappa shape index (κ1) is 15.2. The molecule has 0 saturated carbocycles. The zero-order chi connectivity index (χ0) is 16.2. The number of benzene rings is 1. The fourth-order valence-corrected chi connectivity index (χ4v) is 2.29. The molecule has 0 spiro atoms. The lowest BCUT2D eigenvalue weighted by Gasteiger charge is -2.08. The van der Waals surface area contributed by atoms with Gasteiger partial charge in [0.2, 0.25) is 5.82 Å². The standard InChI is InChI=1S/C16H19N5O2/c1-21(2)9-3-7-18-15(22)16-19-14(20-23-16)12-5-4-11-6-8-17-13(11)10-12/h4-6,8,10,17H,3,7,9H2,1-2H3,(H,18,22). The van der Waals surface area contributed by atoms with Crippen molar-refractivity contribution in [2.45, 2.75) is 6.42 Å². The van der Waals surface area contributed by atoms with Gasteiger partial charge in [0.05, 0.1) is 0 Å². The number of carbonyl (C=O) groups excluding carboxylic acids is 1. The maximum atomic E-state index is 12.0. The topological polar surface area (TPSA) is 87.0 Å². The summed E-state index contributed by atoms with van der Waals surface area (Å²) in [6, 6.07) is 7.79. The number of hydrogen-bond donors (Lipinski definition) is 2. The number of carbonyl (C=O) groups is 1. The normalized spacial score (nSPS) is 11.3. The number of amides is 1. The van der Waals surface area contributed by atoms with E-state index < -0.39 is 0 Å². The molecule has 0 bridgehead atoms. The Morgan fingerprint density at radius 1 is 1.35 bits per heavy atom. The monoisotopic (exact) mass is 313 g/mol. The van der Waals surface area contributed by atoms with Crippen molar-refractivity contribution in [3.8, 4) is 11.4 Å². The van der Waals surface area contributed by atoms with Crippen molar-refractivity contribution in [1.82, 2.24) is 25.3 Å². The lowest BCUT2D eigenvalue weighted by atomic mass is 10.1. The van der Waals surface area contributed by atoms with E-state index in [9.17, 15) is 4.79 Å². The number of rotatable bonds is 6. The van der Waals surface area contributed by atoms with Gasteiger partial charge in [0.15, 0.2) is 0 Å². The molecular weight excluding hydrogens is 294 g/mol. The van der Waals surface area contributed by atoms with Crippen molar-refractivity contribution >= 4 is 16.8 Å². The van der Waals surface area contributed by atoms with E-state index in [1.165, 1.54) is 0 Å². The average molecular weight is 313 g/mol. The molecule has 0 aliphatic carbocycles. The minimum Gasteiger partial charge on any atom is -0.361 e. The molecule has 7 heteroatoms. The van der Waals surface area contributed by atoms with E-state index in [1.54, 1.807) is 0 Å². The van der Waals surface area contributed by atoms with E-state index >= 15 is 0 Å². The van der Waals surface area contributed by atoms with Crippen LogP contribution in [0.25, 0.3) is 22.3 Å². The van der Waals surface area contributed by atoms with Crippen LogP contribution in [0.2, 0.25) is 0 Å². The Kier molecular flexibility index (Phi) is 4.38. The number of aromatic amines is 1. The van der Waals surface area contributed by atoms with Crippen LogP contribution in [0.3, 0.4) is 0 Å². The van der Waals surface area contributed by atoms with E-state index in [0.29, 0.717) is 12.4 Å². The van der Waals surface area contributed by atoms with E-state index in [1.807, 2.05) is 44.6 Å². The molecule has 7 nitrogen and oxygen atoms in total. The van der Waals surface area contributed by atoms with Gasteiger partial charge in [-0.25, -0.2) is 0 Å². The SMILES string of the molecule is CN(C)CCCNC(=O)c1nc(-c2ccc3cc[nH]c3c2)no1. The Hall–Kier alpha value is -2.67. The van der Waals surface area contributed by atoms with Crippen molar-refractivity contribution in [2.24, 2.45) is 0 Å². The van der Waals surface area contributed by atoms with Crippen LogP contribution in [0.4, 0.5) is 0 Å². The van der Waals surface area contributed by atoms with E-state index in [4.69, 9.17) is 4.52 Å². The molecule has 1 aromatic carbocycles. The highest BCUT2D eigenvalue weighted by Crippen LogP contribution is 2.21. The zero-order valence-electron chi connectivity index (χ0n) is 13.2. The maximum Gasteiger partial charge on any atom is 0.316 e. The van der Waals surface area contributed by atoms with Crippen LogP contribution >= 0.6 is 0 Å². The number of nitrogens with zero attached hydrogens (tertiary/aromatic N) is 3. The zero-order valence-corrected chi connectivity index (χ0v) is 13.2. The van der Waals surface area contributed by atoms with Crippen molar-refractivity contribution < 1.29 is 9.32 Å². The summed E-state index contributed by atoms with van der Waals surface area (Å²) in [7, 11) is 3.99. The number of fused-ring (bicyclic) bond motifs is 1.